The Morgan fingerprint density at radius 2 is 1.93 bits per heavy atom. The number of aromatic nitrogens is 5. The van der Waals surface area contributed by atoms with Gasteiger partial charge in [-0.25, -0.2) is 18.4 Å². The van der Waals surface area contributed by atoms with Crippen molar-refractivity contribution in [3.8, 4) is 11.3 Å². The summed E-state index contributed by atoms with van der Waals surface area (Å²) in [5.74, 6) is -0.843. The lowest BCUT2D eigenvalue weighted by Crippen LogP contribution is -2.24. The van der Waals surface area contributed by atoms with Gasteiger partial charge in [-0.3, -0.25) is 4.98 Å². The van der Waals surface area contributed by atoms with Crippen molar-refractivity contribution in [2.24, 2.45) is 0 Å². The molecule has 0 aliphatic carbocycles. The smallest absolute Gasteiger partial charge is 0.225 e. The first-order valence-electron chi connectivity index (χ1n) is 9.39. The van der Waals surface area contributed by atoms with E-state index in [2.05, 4.69) is 25.4 Å². The lowest BCUT2D eigenvalue weighted by Gasteiger charge is -2.20. The van der Waals surface area contributed by atoms with E-state index in [1.807, 2.05) is 32.9 Å². The number of hydrogen-bond donors (Lipinski definition) is 2. The maximum Gasteiger partial charge on any atom is 0.225 e. The summed E-state index contributed by atoms with van der Waals surface area (Å²) < 4.78 is 29.7. The number of halogens is 2. The molecular weight excluding hydrogens is 388 g/mol. The summed E-state index contributed by atoms with van der Waals surface area (Å²) in [4.78, 5) is 13.0. The van der Waals surface area contributed by atoms with E-state index in [0.29, 0.717) is 23.4 Å². The van der Waals surface area contributed by atoms with Gasteiger partial charge in [0.15, 0.2) is 5.65 Å². The molecule has 154 valence electrons. The molecule has 1 aromatic carbocycles. The topological polar surface area (TPSA) is 94.5 Å². The van der Waals surface area contributed by atoms with Crippen LogP contribution in [-0.4, -0.2) is 24.7 Å². The molecule has 0 saturated carbocycles. The number of rotatable bonds is 4. The number of benzene rings is 1. The standard InChI is InChI=1S/C21H21F2N7/c1-21(2,3)30-18(24)16-17(14-7-6-13(22)9-15(14)23)27-20(28-19(16)29-30)26-11-12-5-4-8-25-10-12/h4-10H,11,24H2,1-3H3,(H,26,28,29). The number of nitrogen functional groups attached to an aromatic ring is 1. The van der Waals surface area contributed by atoms with Crippen molar-refractivity contribution >= 4 is 22.8 Å². The van der Waals surface area contributed by atoms with E-state index >= 15 is 0 Å². The highest BCUT2D eigenvalue weighted by Crippen LogP contribution is 2.35. The van der Waals surface area contributed by atoms with Crippen molar-refractivity contribution in [1.82, 2.24) is 24.7 Å². The SMILES string of the molecule is CC(C)(C)n1nc2nc(NCc3cccnc3)nc(-c3ccc(F)cc3F)c2c1N. The van der Waals surface area contributed by atoms with Gasteiger partial charge in [0.25, 0.3) is 0 Å². The van der Waals surface area contributed by atoms with Crippen LogP contribution in [-0.2, 0) is 12.1 Å². The third kappa shape index (κ3) is 3.66. The van der Waals surface area contributed by atoms with Crippen molar-refractivity contribution in [3.05, 3.63) is 59.9 Å². The Morgan fingerprint density at radius 3 is 2.60 bits per heavy atom. The van der Waals surface area contributed by atoms with E-state index in [-0.39, 0.29) is 17.2 Å². The van der Waals surface area contributed by atoms with E-state index < -0.39 is 17.2 Å². The highest BCUT2D eigenvalue weighted by molar-refractivity contribution is 5.99. The molecule has 3 aromatic heterocycles. The van der Waals surface area contributed by atoms with E-state index in [9.17, 15) is 8.78 Å². The normalized spacial score (nSPS) is 11.8. The molecule has 0 aliphatic heterocycles. The van der Waals surface area contributed by atoms with Gasteiger partial charge in [-0.1, -0.05) is 6.07 Å². The Hall–Kier alpha value is -3.62. The van der Waals surface area contributed by atoms with Crippen LogP contribution in [0.2, 0.25) is 0 Å². The van der Waals surface area contributed by atoms with Crippen molar-refractivity contribution in [2.45, 2.75) is 32.9 Å². The molecule has 9 heteroatoms. The van der Waals surface area contributed by atoms with Crippen LogP contribution in [0.15, 0.2) is 42.7 Å². The second-order valence-corrected chi connectivity index (χ2v) is 7.90. The fourth-order valence-electron chi connectivity index (χ4n) is 3.16. The number of nitrogens with zero attached hydrogens (tertiary/aromatic N) is 5. The minimum atomic E-state index is -0.740. The fourth-order valence-corrected chi connectivity index (χ4v) is 3.16. The first-order valence-corrected chi connectivity index (χ1v) is 9.39. The molecule has 4 aromatic rings. The van der Waals surface area contributed by atoms with Gasteiger partial charge in [0.2, 0.25) is 5.95 Å². The van der Waals surface area contributed by atoms with Gasteiger partial charge in [-0.15, -0.1) is 5.10 Å². The third-order valence-corrected chi connectivity index (χ3v) is 4.56. The largest absolute Gasteiger partial charge is 0.383 e. The lowest BCUT2D eigenvalue weighted by atomic mass is 10.1. The Balaban J connectivity index is 1.88. The number of anilines is 2. The molecule has 0 amide bonds. The number of hydrogen-bond acceptors (Lipinski definition) is 6. The van der Waals surface area contributed by atoms with Gasteiger partial charge in [-0.05, 0) is 44.5 Å². The van der Waals surface area contributed by atoms with Crippen LogP contribution in [0, 0.1) is 11.6 Å². The molecule has 0 saturated heterocycles. The summed E-state index contributed by atoms with van der Waals surface area (Å²) in [6.45, 7) is 6.26. The van der Waals surface area contributed by atoms with Crippen LogP contribution in [0.25, 0.3) is 22.3 Å². The Labute approximate surface area is 172 Å². The molecule has 7 nitrogen and oxygen atoms in total. The monoisotopic (exact) mass is 409 g/mol. The predicted molar refractivity (Wildman–Crippen MR) is 112 cm³/mol. The molecule has 0 radical (unpaired) electrons. The van der Waals surface area contributed by atoms with Crippen LogP contribution in [0.5, 0.6) is 0 Å². The molecule has 0 atom stereocenters. The van der Waals surface area contributed by atoms with Gasteiger partial charge in [-0.2, -0.15) is 4.98 Å². The van der Waals surface area contributed by atoms with E-state index in [1.165, 1.54) is 12.1 Å². The maximum absolute atomic E-state index is 14.6. The van der Waals surface area contributed by atoms with E-state index in [0.717, 1.165) is 11.6 Å². The summed E-state index contributed by atoms with van der Waals surface area (Å²) in [5, 5.41) is 8.06. The van der Waals surface area contributed by atoms with Crippen LogP contribution in [0.4, 0.5) is 20.5 Å². The van der Waals surface area contributed by atoms with Crippen molar-refractivity contribution < 1.29 is 8.78 Å². The highest BCUT2D eigenvalue weighted by atomic mass is 19.1. The van der Waals surface area contributed by atoms with Gasteiger partial charge in [0, 0.05) is 30.6 Å². The second kappa shape index (κ2) is 7.33. The highest BCUT2D eigenvalue weighted by Gasteiger charge is 2.25. The first-order chi connectivity index (χ1) is 14.2. The summed E-state index contributed by atoms with van der Waals surface area (Å²) in [5.41, 5.74) is 7.55. The first kappa shape index (κ1) is 19.7. The molecule has 0 unspecified atom stereocenters. The summed E-state index contributed by atoms with van der Waals surface area (Å²) in [6.07, 6.45) is 3.40. The Morgan fingerprint density at radius 1 is 1.13 bits per heavy atom. The van der Waals surface area contributed by atoms with Crippen molar-refractivity contribution in [3.63, 3.8) is 0 Å². The number of nitrogens with two attached hydrogens (primary N) is 1. The predicted octanol–water partition coefficient (Wildman–Crippen LogP) is 4.12. The molecule has 3 N–H and O–H groups in total. The van der Waals surface area contributed by atoms with E-state index in [1.54, 1.807) is 17.1 Å². The van der Waals surface area contributed by atoms with Crippen molar-refractivity contribution in [1.29, 1.82) is 0 Å². The van der Waals surface area contributed by atoms with Gasteiger partial charge < -0.3 is 11.1 Å². The average molecular weight is 409 g/mol. The summed E-state index contributed by atoms with van der Waals surface area (Å²) in [6, 6.07) is 7.07. The molecule has 0 fully saturated rings. The minimum absolute atomic E-state index is 0.119. The Bertz CT molecular complexity index is 1210. The second-order valence-electron chi connectivity index (χ2n) is 7.90. The molecule has 0 aliphatic rings. The third-order valence-electron chi connectivity index (χ3n) is 4.56. The average Bonchev–Trinajstić information content (AvgIpc) is 3.04. The zero-order valence-electron chi connectivity index (χ0n) is 16.8. The molecule has 0 bridgehead atoms. The fraction of sp³-hybridized carbons (Fsp3) is 0.238. The molecular formula is C21H21F2N7. The number of pyridine rings is 1. The van der Waals surface area contributed by atoms with Crippen LogP contribution in [0.1, 0.15) is 26.3 Å². The lowest BCUT2D eigenvalue weighted by molar-refractivity contribution is 0.364. The molecule has 3 heterocycles. The molecule has 30 heavy (non-hydrogen) atoms. The van der Waals surface area contributed by atoms with E-state index in [4.69, 9.17) is 5.73 Å². The molecule has 0 spiro atoms. The summed E-state index contributed by atoms with van der Waals surface area (Å²) in [7, 11) is 0. The zero-order chi connectivity index (χ0) is 21.5. The number of nitrogens with one attached hydrogen (secondary N) is 1. The molecule has 4 rings (SSSR count). The van der Waals surface area contributed by atoms with Crippen LogP contribution < -0.4 is 11.1 Å². The quantitative estimate of drug-likeness (QED) is 0.527. The number of fused-ring (bicyclic) bond motifs is 1. The maximum atomic E-state index is 14.6. The van der Waals surface area contributed by atoms with Crippen LogP contribution >= 0.6 is 0 Å². The van der Waals surface area contributed by atoms with Crippen molar-refractivity contribution in [2.75, 3.05) is 11.1 Å². The minimum Gasteiger partial charge on any atom is -0.383 e. The van der Waals surface area contributed by atoms with Gasteiger partial charge >= 0.3 is 0 Å². The van der Waals surface area contributed by atoms with Gasteiger partial charge in [0.1, 0.15) is 17.5 Å². The van der Waals surface area contributed by atoms with Crippen LogP contribution in [0.3, 0.4) is 0 Å². The zero-order valence-corrected chi connectivity index (χ0v) is 16.8. The van der Waals surface area contributed by atoms with Gasteiger partial charge in [0.05, 0.1) is 16.6 Å². The Kier molecular flexibility index (Phi) is 4.81. The summed E-state index contributed by atoms with van der Waals surface area (Å²) >= 11 is 0.